The van der Waals surface area contributed by atoms with Crippen molar-refractivity contribution in [1.29, 1.82) is 0 Å². The second-order valence-corrected chi connectivity index (χ2v) is 7.86. The molecule has 1 fully saturated rings. The Hall–Kier alpha value is -3.19. The summed E-state index contributed by atoms with van der Waals surface area (Å²) in [6.07, 6.45) is 0.205. The SMILES string of the molecule is COc1ccc(-c2csc(NC(=O)C3CC(=O)N(c4cccc(C)c4)C3)n2)cc1. The second-order valence-electron chi connectivity index (χ2n) is 7.00. The van der Waals surface area contributed by atoms with E-state index in [0.717, 1.165) is 28.3 Å². The number of ether oxygens (including phenoxy) is 1. The maximum Gasteiger partial charge on any atom is 0.231 e. The Labute approximate surface area is 173 Å². The van der Waals surface area contributed by atoms with Gasteiger partial charge in [-0.1, -0.05) is 12.1 Å². The molecule has 2 amide bonds. The molecule has 7 heteroatoms. The number of nitrogens with one attached hydrogen (secondary N) is 1. The van der Waals surface area contributed by atoms with Crippen LogP contribution < -0.4 is 15.0 Å². The van der Waals surface area contributed by atoms with E-state index in [9.17, 15) is 9.59 Å². The van der Waals surface area contributed by atoms with Crippen LogP contribution in [0.5, 0.6) is 5.75 Å². The highest BCUT2D eigenvalue weighted by molar-refractivity contribution is 7.14. The lowest BCUT2D eigenvalue weighted by Crippen LogP contribution is -2.28. The third-order valence-electron chi connectivity index (χ3n) is 4.93. The molecule has 1 aliphatic heterocycles. The normalized spacial score (nSPS) is 16.1. The van der Waals surface area contributed by atoms with Gasteiger partial charge in [0.2, 0.25) is 11.8 Å². The molecular weight excluding hydrogens is 386 g/mol. The van der Waals surface area contributed by atoms with E-state index in [1.807, 2.05) is 60.8 Å². The van der Waals surface area contributed by atoms with Gasteiger partial charge in [0.1, 0.15) is 5.75 Å². The summed E-state index contributed by atoms with van der Waals surface area (Å²) in [6.45, 7) is 2.36. The monoisotopic (exact) mass is 407 g/mol. The second kappa shape index (κ2) is 8.05. The maximum atomic E-state index is 12.7. The number of amides is 2. The molecule has 0 radical (unpaired) electrons. The first kappa shape index (κ1) is 19.1. The van der Waals surface area contributed by atoms with Gasteiger partial charge >= 0.3 is 0 Å². The van der Waals surface area contributed by atoms with Crippen molar-refractivity contribution in [3.8, 4) is 17.0 Å². The van der Waals surface area contributed by atoms with E-state index in [-0.39, 0.29) is 18.2 Å². The first-order chi connectivity index (χ1) is 14.0. The van der Waals surface area contributed by atoms with Gasteiger partial charge in [0.25, 0.3) is 0 Å². The van der Waals surface area contributed by atoms with Crippen LogP contribution in [0, 0.1) is 12.8 Å². The molecule has 2 aromatic carbocycles. The average molecular weight is 407 g/mol. The van der Waals surface area contributed by atoms with Gasteiger partial charge in [-0.15, -0.1) is 11.3 Å². The molecule has 1 atom stereocenters. The number of methoxy groups -OCH3 is 1. The van der Waals surface area contributed by atoms with E-state index in [2.05, 4.69) is 10.3 Å². The smallest absolute Gasteiger partial charge is 0.231 e. The number of rotatable bonds is 5. The lowest BCUT2D eigenvalue weighted by Gasteiger charge is -2.17. The minimum Gasteiger partial charge on any atom is -0.497 e. The molecule has 4 rings (SSSR count). The molecule has 1 N–H and O–H groups in total. The highest BCUT2D eigenvalue weighted by Crippen LogP contribution is 2.29. The van der Waals surface area contributed by atoms with E-state index in [1.165, 1.54) is 11.3 Å². The number of carbonyl (C=O) groups is 2. The summed E-state index contributed by atoms with van der Waals surface area (Å²) in [7, 11) is 1.62. The molecule has 1 saturated heterocycles. The summed E-state index contributed by atoms with van der Waals surface area (Å²) in [5.41, 5.74) is 3.65. The number of benzene rings is 2. The van der Waals surface area contributed by atoms with Crippen LogP contribution in [0.3, 0.4) is 0 Å². The summed E-state index contributed by atoms with van der Waals surface area (Å²) >= 11 is 1.37. The molecule has 6 nitrogen and oxygen atoms in total. The van der Waals surface area contributed by atoms with Crippen LogP contribution >= 0.6 is 11.3 Å². The third-order valence-corrected chi connectivity index (χ3v) is 5.69. The van der Waals surface area contributed by atoms with E-state index in [0.29, 0.717) is 11.7 Å². The zero-order valence-electron chi connectivity index (χ0n) is 16.2. The highest BCUT2D eigenvalue weighted by atomic mass is 32.1. The van der Waals surface area contributed by atoms with Crippen molar-refractivity contribution in [3.05, 3.63) is 59.5 Å². The largest absolute Gasteiger partial charge is 0.497 e. The Balaban J connectivity index is 1.42. The molecule has 2 heterocycles. The number of anilines is 2. The minimum absolute atomic E-state index is 0.0335. The highest BCUT2D eigenvalue weighted by Gasteiger charge is 2.35. The number of hydrogen-bond acceptors (Lipinski definition) is 5. The van der Waals surface area contributed by atoms with Gasteiger partial charge in [-0.3, -0.25) is 9.59 Å². The van der Waals surface area contributed by atoms with E-state index in [1.54, 1.807) is 12.0 Å². The molecule has 29 heavy (non-hydrogen) atoms. The number of nitrogens with zero attached hydrogens (tertiary/aromatic N) is 2. The van der Waals surface area contributed by atoms with E-state index >= 15 is 0 Å². The lowest BCUT2D eigenvalue weighted by molar-refractivity contribution is -0.122. The topological polar surface area (TPSA) is 71.5 Å². The van der Waals surface area contributed by atoms with Gasteiger partial charge in [0.15, 0.2) is 5.13 Å². The first-order valence-corrected chi connectivity index (χ1v) is 10.2. The van der Waals surface area contributed by atoms with Gasteiger partial charge in [-0.05, 0) is 48.9 Å². The Bertz CT molecular complexity index is 1050. The molecule has 3 aromatic rings. The Morgan fingerprint density at radius 1 is 1.24 bits per heavy atom. The first-order valence-electron chi connectivity index (χ1n) is 9.31. The molecule has 0 bridgehead atoms. The van der Waals surface area contributed by atoms with Crippen LogP contribution in [-0.4, -0.2) is 30.5 Å². The Kier molecular flexibility index (Phi) is 5.31. The summed E-state index contributed by atoms with van der Waals surface area (Å²) < 4.78 is 5.17. The van der Waals surface area contributed by atoms with Gasteiger partial charge in [-0.2, -0.15) is 0 Å². The van der Waals surface area contributed by atoms with Crippen LogP contribution in [0.2, 0.25) is 0 Å². The standard InChI is InChI=1S/C22H21N3O3S/c1-14-4-3-5-17(10-14)25-12-16(11-20(25)26)21(27)24-22-23-19(13-29-22)15-6-8-18(28-2)9-7-15/h3-10,13,16H,11-12H2,1-2H3,(H,23,24,27). The van der Waals surface area contributed by atoms with Crippen molar-refractivity contribution >= 4 is 34.0 Å². The molecule has 148 valence electrons. The van der Waals surface area contributed by atoms with E-state index in [4.69, 9.17) is 4.74 Å². The van der Waals surface area contributed by atoms with Crippen LogP contribution in [0.15, 0.2) is 53.9 Å². The molecule has 1 aromatic heterocycles. The van der Waals surface area contributed by atoms with Crippen molar-refractivity contribution in [2.24, 2.45) is 5.92 Å². The average Bonchev–Trinajstić information content (AvgIpc) is 3.35. The van der Waals surface area contributed by atoms with Crippen molar-refractivity contribution < 1.29 is 14.3 Å². The minimum atomic E-state index is -0.392. The number of aryl methyl sites for hydroxylation is 1. The lowest BCUT2D eigenvalue weighted by atomic mass is 10.1. The summed E-state index contributed by atoms with van der Waals surface area (Å²) in [5, 5.41) is 5.29. The maximum absolute atomic E-state index is 12.7. The number of thiazole rings is 1. The van der Waals surface area contributed by atoms with Crippen LogP contribution in [-0.2, 0) is 9.59 Å². The number of hydrogen-bond donors (Lipinski definition) is 1. The van der Waals surface area contributed by atoms with Crippen molar-refractivity contribution in [3.63, 3.8) is 0 Å². The molecule has 0 aliphatic carbocycles. The Morgan fingerprint density at radius 3 is 2.76 bits per heavy atom. The van der Waals surface area contributed by atoms with Gasteiger partial charge in [0, 0.05) is 29.6 Å². The third kappa shape index (κ3) is 4.14. The molecule has 1 unspecified atom stereocenters. The summed E-state index contributed by atoms with van der Waals surface area (Å²) in [4.78, 5) is 31.3. The van der Waals surface area contributed by atoms with E-state index < -0.39 is 5.92 Å². The fraction of sp³-hybridized carbons (Fsp3) is 0.227. The van der Waals surface area contributed by atoms with Crippen molar-refractivity contribution in [2.75, 3.05) is 23.9 Å². The molecule has 0 spiro atoms. The van der Waals surface area contributed by atoms with Crippen LogP contribution in [0.1, 0.15) is 12.0 Å². The molecule has 0 saturated carbocycles. The predicted octanol–water partition coefficient (Wildman–Crippen LogP) is 4.12. The predicted molar refractivity (Wildman–Crippen MR) is 114 cm³/mol. The van der Waals surface area contributed by atoms with Crippen LogP contribution in [0.25, 0.3) is 11.3 Å². The number of carbonyl (C=O) groups excluding carboxylic acids is 2. The summed E-state index contributed by atoms with van der Waals surface area (Å²) in [5.74, 6) is 0.177. The van der Waals surface area contributed by atoms with Gasteiger partial charge < -0.3 is 15.0 Å². The number of aromatic nitrogens is 1. The summed E-state index contributed by atoms with van der Waals surface area (Å²) in [6, 6.07) is 15.4. The van der Waals surface area contributed by atoms with Crippen molar-refractivity contribution in [2.45, 2.75) is 13.3 Å². The van der Waals surface area contributed by atoms with Gasteiger partial charge in [-0.25, -0.2) is 4.98 Å². The van der Waals surface area contributed by atoms with Gasteiger partial charge in [0.05, 0.1) is 18.7 Å². The Morgan fingerprint density at radius 2 is 2.03 bits per heavy atom. The van der Waals surface area contributed by atoms with Crippen molar-refractivity contribution in [1.82, 2.24) is 4.98 Å². The molecular formula is C22H21N3O3S. The zero-order valence-corrected chi connectivity index (χ0v) is 17.0. The quantitative estimate of drug-likeness (QED) is 0.691. The molecule has 1 aliphatic rings. The fourth-order valence-corrected chi connectivity index (χ4v) is 4.08. The fourth-order valence-electron chi connectivity index (χ4n) is 3.36. The van der Waals surface area contributed by atoms with Crippen LogP contribution in [0.4, 0.5) is 10.8 Å². The zero-order chi connectivity index (χ0) is 20.4.